The minimum atomic E-state index is -0.982. The fourth-order valence-electron chi connectivity index (χ4n) is 3.45. The Labute approximate surface area is 178 Å². The summed E-state index contributed by atoms with van der Waals surface area (Å²) in [5.41, 5.74) is 1.38. The minimum absolute atomic E-state index is 0.188. The van der Waals surface area contributed by atoms with Gasteiger partial charge < -0.3 is 10.2 Å². The maximum absolute atomic E-state index is 14.3. The zero-order valence-corrected chi connectivity index (χ0v) is 17.4. The van der Waals surface area contributed by atoms with E-state index in [1.807, 2.05) is 0 Å². The molecule has 0 aliphatic carbocycles. The molecule has 0 fully saturated rings. The van der Waals surface area contributed by atoms with Crippen LogP contribution in [-0.2, 0) is 24.6 Å². The Morgan fingerprint density at radius 2 is 2.03 bits per heavy atom. The van der Waals surface area contributed by atoms with Gasteiger partial charge in [0.15, 0.2) is 6.29 Å². The van der Waals surface area contributed by atoms with Crippen molar-refractivity contribution in [1.82, 2.24) is 0 Å². The summed E-state index contributed by atoms with van der Waals surface area (Å²) in [6.45, 7) is 5.01. The molecule has 6 nitrogen and oxygen atoms in total. The van der Waals surface area contributed by atoms with Gasteiger partial charge in [-0.2, -0.15) is 0 Å². The lowest BCUT2D eigenvalue weighted by molar-refractivity contribution is -0.135. The Kier molecular flexibility index (Phi) is 6.03. The number of Topliss-reactive ketones (excluding diaryl/α,β-unsaturated/α-hetero) is 1. The summed E-state index contributed by atoms with van der Waals surface area (Å²) in [4.78, 5) is 41.2. The molecule has 3 rings (SSSR count). The van der Waals surface area contributed by atoms with Crippen molar-refractivity contribution in [2.75, 3.05) is 5.32 Å². The zero-order chi connectivity index (χ0) is 22.1. The van der Waals surface area contributed by atoms with E-state index in [-0.39, 0.29) is 17.0 Å². The van der Waals surface area contributed by atoms with Crippen molar-refractivity contribution in [3.63, 3.8) is 0 Å². The Hall–Kier alpha value is -3.06. The van der Waals surface area contributed by atoms with E-state index in [0.29, 0.717) is 28.8 Å². The van der Waals surface area contributed by atoms with E-state index >= 15 is 0 Å². The fraction of sp³-hybridized carbons (Fsp3) is 0.273. The van der Waals surface area contributed by atoms with Crippen LogP contribution in [0, 0.1) is 5.82 Å². The molecule has 1 unspecified atom stereocenters. The van der Waals surface area contributed by atoms with Crippen molar-refractivity contribution < 1.29 is 23.6 Å². The Morgan fingerprint density at radius 3 is 2.70 bits per heavy atom. The summed E-state index contributed by atoms with van der Waals surface area (Å²) in [6.07, 6.45) is -0.417. The first-order valence-electron chi connectivity index (χ1n) is 9.22. The highest BCUT2D eigenvalue weighted by molar-refractivity contribution is 6.41. The predicted molar refractivity (Wildman–Crippen MR) is 111 cm³/mol. The fourth-order valence-corrected chi connectivity index (χ4v) is 3.87. The molecule has 1 N–H and O–H groups in total. The number of hydrogen-bond donors (Lipinski definition) is 1. The number of carbonyl (C=O) groups is 3. The first kappa shape index (κ1) is 21.6. The highest BCUT2D eigenvalue weighted by Crippen LogP contribution is 2.35. The normalized spacial score (nSPS) is 15.5. The Morgan fingerprint density at radius 1 is 1.30 bits per heavy atom. The largest absolute Gasteiger partial charge is 0.380 e. The van der Waals surface area contributed by atoms with Crippen molar-refractivity contribution in [2.45, 2.75) is 38.7 Å². The second-order valence-corrected chi connectivity index (χ2v) is 8.08. The van der Waals surface area contributed by atoms with Gasteiger partial charge in [-0.05, 0) is 31.2 Å². The van der Waals surface area contributed by atoms with E-state index in [1.165, 1.54) is 12.1 Å². The standard InChI is InChI=1S/C22H20ClFN2O4/c1-12-15-9-13(7-8-14(15)19(11-27)30-26-12)25-21(29)18(28)10-22(2,3)20-16(23)5-4-6-17(20)24/h4-9,11,19H,10H2,1-3H3,(H,25,29). The number of hydrogen-bond acceptors (Lipinski definition) is 5. The third kappa shape index (κ3) is 4.26. The molecule has 2 aromatic carbocycles. The number of ketones is 1. The molecule has 156 valence electrons. The number of amides is 1. The van der Waals surface area contributed by atoms with Gasteiger partial charge in [-0.15, -0.1) is 0 Å². The van der Waals surface area contributed by atoms with Crippen molar-refractivity contribution in [2.24, 2.45) is 5.16 Å². The molecule has 0 bridgehead atoms. The molecule has 0 aromatic heterocycles. The summed E-state index contributed by atoms with van der Waals surface area (Å²) >= 11 is 6.11. The van der Waals surface area contributed by atoms with Crippen molar-refractivity contribution >= 4 is 41.0 Å². The second-order valence-electron chi connectivity index (χ2n) is 7.68. The van der Waals surface area contributed by atoms with Gasteiger partial charge in [-0.1, -0.05) is 42.7 Å². The molecule has 30 heavy (non-hydrogen) atoms. The molecule has 1 aliphatic heterocycles. The van der Waals surface area contributed by atoms with Crippen LogP contribution in [0.5, 0.6) is 0 Å². The van der Waals surface area contributed by atoms with Gasteiger partial charge in [0.2, 0.25) is 11.9 Å². The number of anilines is 1. The van der Waals surface area contributed by atoms with Gasteiger partial charge in [-0.25, -0.2) is 4.39 Å². The van der Waals surface area contributed by atoms with Crippen LogP contribution in [0.2, 0.25) is 5.02 Å². The molecule has 1 aliphatic rings. The maximum atomic E-state index is 14.3. The number of nitrogens with zero attached hydrogens (tertiary/aromatic N) is 1. The Balaban J connectivity index is 1.77. The lowest BCUT2D eigenvalue weighted by atomic mass is 9.79. The van der Waals surface area contributed by atoms with Crippen LogP contribution in [0.25, 0.3) is 0 Å². The van der Waals surface area contributed by atoms with E-state index in [2.05, 4.69) is 10.5 Å². The highest BCUT2D eigenvalue weighted by atomic mass is 35.5. The number of aldehydes is 1. The smallest absolute Gasteiger partial charge is 0.291 e. The lowest BCUT2D eigenvalue weighted by Gasteiger charge is -2.26. The monoisotopic (exact) mass is 430 g/mol. The zero-order valence-electron chi connectivity index (χ0n) is 16.7. The number of fused-ring (bicyclic) bond motifs is 1. The molecule has 2 aromatic rings. The number of rotatable bonds is 6. The molecule has 1 amide bonds. The van der Waals surface area contributed by atoms with Crippen LogP contribution >= 0.6 is 11.6 Å². The molecule has 0 saturated carbocycles. The molecular weight excluding hydrogens is 411 g/mol. The first-order valence-corrected chi connectivity index (χ1v) is 9.60. The first-order chi connectivity index (χ1) is 14.1. The molecule has 8 heteroatoms. The van der Waals surface area contributed by atoms with E-state index in [1.54, 1.807) is 45.0 Å². The second kappa shape index (κ2) is 8.36. The van der Waals surface area contributed by atoms with Gasteiger partial charge in [0, 0.05) is 39.2 Å². The molecule has 0 saturated heterocycles. The molecule has 0 radical (unpaired) electrons. The minimum Gasteiger partial charge on any atom is -0.380 e. The van der Waals surface area contributed by atoms with Gasteiger partial charge in [0.05, 0.1) is 5.71 Å². The van der Waals surface area contributed by atoms with E-state index in [9.17, 15) is 18.8 Å². The van der Waals surface area contributed by atoms with Crippen LogP contribution < -0.4 is 5.32 Å². The number of benzene rings is 2. The summed E-state index contributed by atoms with van der Waals surface area (Å²) in [6, 6.07) is 9.11. The summed E-state index contributed by atoms with van der Waals surface area (Å²) in [5, 5.41) is 6.58. The number of carbonyl (C=O) groups excluding carboxylic acids is 3. The average Bonchev–Trinajstić information content (AvgIpc) is 2.68. The van der Waals surface area contributed by atoms with Crippen molar-refractivity contribution in [3.05, 3.63) is 63.9 Å². The lowest BCUT2D eigenvalue weighted by Crippen LogP contribution is -2.31. The molecule has 1 atom stereocenters. The van der Waals surface area contributed by atoms with Gasteiger partial charge >= 0.3 is 0 Å². The van der Waals surface area contributed by atoms with Crippen molar-refractivity contribution in [3.8, 4) is 0 Å². The summed E-state index contributed by atoms with van der Waals surface area (Å²) in [7, 11) is 0. The van der Waals surface area contributed by atoms with Crippen LogP contribution in [0.1, 0.15) is 50.0 Å². The predicted octanol–water partition coefficient (Wildman–Crippen LogP) is 4.35. The number of nitrogens with one attached hydrogen (secondary N) is 1. The van der Waals surface area contributed by atoms with Gasteiger partial charge in [0.25, 0.3) is 5.91 Å². The third-order valence-corrected chi connectivity index (χ3v) is 5.24. The summed E-state index contributed by atoms with van der Waals surface area (Å²) < 4.78 is 14.3. The quantitative estimate of drug-likeness (QED) is 0.545. The summed E-state index contributed by atoms with van der Waals surface area (Å²) in [5.74, 6) is -2.07. The average molecular weight is 431 g/mol. The van der Waals surface area contributed by atoms with Crippen LogP contribution in [0.15, 0.2) is 41.6 Å². The number of oxime groups is 1. The van der Waals surface area contributed by atoms with E-state index in [0.717, 1.165) is 0 Å². The van der Waals surface area contributed by atoms with Crippen LogP contribution in [-0.4, -0.2) is 23.7 Å². The molecule has 1 heterocycles. The van der Waals surface area contributed by atoms with Crippen LogP contribution in [0.3, 0.4) is 0 Å². The van der Waals surface area contributed by atoms with E-state index in [4.69, 9.17) is 16.4 Å². The Bertz CT molecular complexity index is 1040. The van der Waals surface area contributed by atoms with E-state index < -0.39 is 29.0 Å². The van der Waals surface area contributed by atoms with Gasteiger partial charge in [-0.3, -0.25) is 14.4 Å². The maximum Gasteiger partial charge on any atom is 0.291 e. The van der Waals surface area contributed by atoms with Crippen molar-refractivity contribution in [1.29, 1.82) is 0 Å². The topological polar surface area (TPSA) is 84.8 Å². The SMILES string of the molecule is CC1=NOC(C=O)c2ccc(NC(=O)C(=O)CC(C)(C)c3c(F)cccc3Cl)cc21. The number of halogens is 2. The highest BCUT2D eigenvalue weighted by Gasteiger charge is 2.32. The van der Waals surface area contributed by atoms with Crippen LogP contribution in [0.4, 0.5) is 10.1 Å². The molecule has 0 spiro atoms. The third-order valence-electron chi connectivity index (χ3n) is 4.93. The van der Waals surface area contributed by atoms with Gasteiger partial charge in [0.1, 0.15) is 5.82 Å². The molecular formula is C22H20ClFN2O4.